The van der Waals surface area contributed by atoms with Gasteiger partial charge in [-0.2, -0.15) is 0 Å². The van der Waals surface area contributed by atoms with Crippen LogP contribution in [0.5, 0.6) is 5.75 Å². The highest BCUT2D eigenvalue weighted by Gasteiger charge is 2.50. The average molecular weight is 342 g/mol. The number of hydrogen-bond acceptors (Lipinski definition) is 4. The van der Waals surface area contributed by atoms with Gasteiger partial charge in [0.15, 0.2) is 0 Å². The number of nitrogens with one attached hydrogen (secondary N) is 1. The highest BCUT2D eigenvalue weighted by atomic mass is 16.5. The van der Waals surface area contributed by atoms with Crippen LogP contribution in [-0.4, -0.2) is 48.6 Å². The largest absolute Gasteiger partial charge is 0.496 e. The zero-order valence-electron chi connectivity index (χ0n) is 14.5. The second kappa shape index (κ2) is 6.10. The van der Waals surface area contributed by atoms with Gasteiger partial charge in [0.2, 0.25) is 0 Å². The summed E-state index contributed by atoms with van der Waals surface area (Å²) < 4.78 is 10.4. The van der Waals surface area contributed by atoms with Crippen LogP contribution in [0.3, 0.4) is 0 Å². The van der Waals surface area contributed by atoms with E-state index in [0.29, 0.717) is 18.2 Å². The topological polar surface area (TPSA) is 71.6 Å². The second-order valence-corrected chi connectivity index (χ2v) is 6.88. The quantitative estimate of drug-likeness (QED) is 0.870. The number of nitrogens with zero attached hydrogens (tertiary/aromatic N) is 1. The standard InChI is InChI=1S/C19H22N2O4/c1-24-16-8-4-7-14-13(16)9-15(20-14)18(22)21-10-11-5-3-6-12(11)17(21)19(23)25-2/h4,7-9,11-12,17,20H,3,5-6,10H2,1-2H3/t11?,12?,17-/m0/s1. The molecule has 2 heterocycles. The minimum Gasteiger partial charge on any atom is -0.496 e. The van der Waals surface area contributed by atoms with Crippen LogP contribution in [0.2, 0.25) is 0 Å². The highest BCUT2D eigenvalue weighted by Crippen LogP contribution is 2.43. The van der Waals surface area contributed by atoms with Crippen molar-refractivity contribution in [3.8, 4) is 5.75 Å². The lowest BCUT2D eigenvalue weighted by atomic mass is 9.94. The van der Waals surface area contributed by atoms with E-state index in [1.165, 1.54) is 7.11 Å². The Morgan fingerprint density at radius 3 is 2.84 bits per heavy atom. The van der Waals surface area contributed by atoms with Crippen LogP contribution < -0.4 is 4.74 Å². The lowest BCUT2D eigenvalue weighted by molar-refractivity contribution is -0.146. The van der Waals surface area contributed by atoms with Crippen molar-refractivity contribution in [2.75, 3.05) is 20.8 Å². The smallest absolute Gasteiger partial charge is 0.328 e. The van der Waals surface area contributed by atoms with Crippen molar-refractivity contribution in [3.63, 3.8) is 0 Å². The molecular weight excluding hydrogens is 320 g/mol. The van der Waals surface area contributed by atoms with Crippen molar-refractivity contribution in [2.45, 2.75) is 25.3 Å². The maximum atomic E-state index is 13.1. The number of likely N-dealkylation sites (tertiary alicyclic amines) is 1. The zero-order chi connectivity index (χ0) is 17.6. The van der Waals surface area contributed by atoms with Crippen molar-refractivity contribution in [2.24, 2.45) is 11.8 Å². The summed E-state index contributed by atoms with van der Waals surface area (Å²) in [6, 6.07) is 6.98. The number of aromatic amines is 1. The zero-order valence-corrected chi connectivity index (χ0v) is 14.5. The van der Waals surface area contributed by atoms with Gasteiger partial charge in [-0.3, -0.25) is 4.79 Å². The van der Waals surface area contributed by atoms with Gasteiger partial charge >= 0.3 is 5.97 Å². The van der Waals surface area contributed by atoms with Gasteiger partial charge in [0.1, 0.15) is 17.5 Å². The molecule has 3 atom stereocenters. The van der Waals surface area contributed by atoms with Crippen LogP contribution in [0.1, 0.15) is 29.8 Å². The van der Waals surface area contributed by atoms with Gasteiger partial charge in [0.25, 0.3) is 5.91 Å². The Hall–Kier alpha value is -2.50. The summed E-state index contributed by atoms with van der Waals surface area (Å²) in [6.45, 7) is 0.621. The highest BCUT2D eigenvalue weighted by molar-refractivity contribution is 6.01. The Bertz CT molecular complexity index is 828. The van der Waals surface area contributed by atoms with Crippen molar-refractivity contribution in [1.29, 1.82) is 0 Å². The number of carbonyl (C=O) groups is 2. The van der Waals surface area contributed by atoms with E-state index >= 15 is 0 Å². The second-order valence-electron chi connectivity index (χ2n) is 6.88. The SMILES string of the molecule is COC(=O)[C@@H]1C2CCCC2CN1C(=O)c1cc2c(OC)cccc2[nH]1. The lowest BCUT2D eigenvalue weighted by Crippen LogP contribution is -2.44. The number of fused-ring (bicyclic) bond motifs is 2. The van der Waals surface area contributed by atoms with Crippen LogP contribution in [0, 0.1) is 11.8 Å². The summed E-state index contributed by atoms with van der Waals surface area (Å²) >= 11 is 0. The number of ether oxygens (including phenoxy) is 2. The number of aromatic nitrogens is 1. The summed E-state index contributed by atoms with van der Waals surface area (Å²) in [6.07, 6.45) is 3.17. The fourth-order valence-electron chi connectivity index (χ4n) is 4.51. The Balaban J connectivity index is 1.69. The number of benzene rings is 1. The van der Waals surface area contributed by atoms with Crippen molar-refractivity contribution < 1.29 is 19.1 Å². The molecule has 1 amide bonds. The molecule has 2 aliphatic rings. The molecular formula is C19H22N2O4. The summed E-state index contributed by atoms with van der Waals surface area (Å²) in [5, 5.41) is 0.863. The van der Waals surface area contributed by atoms with Crippen LogP contribution in [0.15, 0.2) is 24.3 Å². The number of carbonyl (C=O) groups excluding carboxylic acids is 2. The van der Waals surface area contributed by atoms with Crippen molar-refractivity contribution in [3.05, 3.63) is 30.0 Å². The minimum absolute atomic E-state index is 0.150. The molecule has 2 unspecified atom stereocenters. The van der Waals surface area contributed by atoms with E-state index in [0.717, 1.165) is 35.9 Å². The van der Waals surface area contributed by atoms with E-state index in [2.05, 4.69) is 4.98 Å². The predicted molar refractivity (Wildman–Crippen MR) is 92.5 cm³/mol. The Morgan fingerprint density at radius 1 is 1.24 bits per heavy atom. The fourth-order valence-corrected chi connectivity index (χ4v) is 4.51. The molecule has 1 aliphatic carbocycles. The van der Waals surface area contributed by atoms with Crippen LogP contribution in [-0.2, 0) is 9.53 Å². The molecule has 1 aromatic heterocycles. The van der Waals surface area contributed by atoms with E-state index in [-0.39, 0.29) is 17.8 Å². The molecule has 1 saturated heterocycles. The first-order valence-corrected chi connectivity index (χ1v) is 8.68. The average Bonchev–Trinajstić information content (AvgIpc) is 3.32. The van der Waals surface area contributed by atoms with Crippen LogP contribution >= 0.6 is 0 Å². The van der Waals surface area contributed by atoms with Gasteiger partial charge < -0.3 is 19.4 Å². The first-order valence-electron chi connectivity index (χ1n) is 8.68. The molecule has 0 radical (unpaired) electrons. The summed E-state index contributed by atoms with van der Waals surface area (Å²) in [4.78, 5) is 30.3. The number of amides is 1. The van der Waals surface area contributed by atoms with Crippen LogP contribution in [0.4, 0.5) is 0 Å². The molecule has 25 heavy (non-hydrogen) atoms. The van der Waals surface area contributed by atoms with E-state index in [1.807, 2.05) is 18.2 Å². The van der Waals surface area contributed by atoms with Gasteiger partial charge in [0, 0.05) is 17.4 Å². The molecule has 2 aromatic rings. The Kier molecular flexibility index (Phi) is 3.90. The third-order valence-electron chi connectivity index (χ3n) is 5.67. The van der Waals surface area contributed by atoms with Crippen molar-refractivity contribution >= 4 is 22.8 Å². The molecule has 1 aliphatic heterocycles. The van der Waals surface area contributed by atoms with E-state index < -0.39 is 6.04 Å². The fraction of sp³-hybridized carbons (Fsp3) is 0.474. The maximum absolute atomic E-state index is 13.1. The van der Waals surface area contributed by atoms with Gasteiger partial charge in [-0.05, 0) is 42.9 Å². The number of esters is 1. The lowest BCUT2D eigenvalue weighted by Gasteiger charge is -2.25. The third-order valence-corrected chi connectivity index (χ3v) is 5.67. The predicted octanol–water partition coefficient (Wildman–Crippen LogP) is 2.59. The minimum atomic E-state index is -0.474. The van der Waals surface area contributed by atoms with Gasteiger partial charge in [-0.15, -0.1) is 0 Å². The normalized spacial score (nSPS) is 25.2. The number of hydrogen-bond donors (Lipinski definition) is 1. The molecule has 6 heteroatoms. The molecule has 4 rings (SSSR count). The monoisotopic (exact) mass is 342 g/mol. The van der Waals surface area contributed by atoms with E-state index in [4.69, 9.17) is 9.47 Å². The molecule has 132 valence electrons. The van der Waals surface area contributed by atoms with Gasteiger partial charge in [0.05, 0.1) is 14.2 Å². The molecule has 2 fully saturated rings. The van der Waals surface area contributed by atoms with E-state index in [9.17, 15) is 9.59 Å². The third kappa shape index (κ3) is 2.47. The maximum Gasteiger partial charge on any atom is 0.328 e. The molecule has 0 spiro atoms. The number of methoxy groups -OCH3 is 2. The van der Waals surface area contributed by atoms with Gasteiger partial charge in [-0.25, -0.2) is 4.79 Å². The summed E-state index contributed by atoms with van der Waals surface area (Å²) in [5.74, 6) is 0.873. The molecule has 1 aromatic carbocycles. The molecule has 0 bridgehead atoms. The summed E-state index contributed by atoms with van der Waals surface area (Å²) in [5.41, 5.74) is 1.32. The summed E-state index contributed by atoms with van der Waals surface area (Å²) in [7, 11) is 3.00. The van der Waals surface area contributed by atoms with Crippen molar-refractivity contribution in [1.82, 2.24) is 9.88 Å². The van der Waals surface area contributed by atoms with E-state index in [1.54, 1.807) is 18.1 Å². The number of H-pyrrole nitrogens is 1. The van der Waals surface area contributed by atoms with Gasteiger partial charge in [-0.1, -0.05) is 12.5 Å². The Morgan fingerprint density at radius 2 is 2.08 bits per heavy atom. The first kappa shape index (κ1) is 16.0. The Labute approximate surface area is 146 Å². The molecule has 6 nitrogen and oxygen atoms in total. The molecule has 1 saturated carbocycles. The first-order chi connectivity index (χ1) is 12.1. The molecule has 1 N–H and O–H groups in total. The van der Waals surface area contributed by atoms with Crippen LogP contribution in [0.25, 0.3) is 10.9 Å². The number of rotatable bonds is 3.